The number of halogens is 2. The number of methoxy groups -OCH3 is 1. The van der Waals surface area contributed by atoms with Gasteiger partial charge < -0.3 is 10.1 Å². The maximum Gasteiger partial charge on any atom is 0.340 e. The van der Waals surface area contributed by atoms with E-state index in [2.05, 4.69) is 26.0 Å². The van der Waals surface area contributed by atoms with Gasteiger partial charge in [-0.15, -0.1) is 0 Å². The Morgan fingerprint density at radius 1 is 1.19 bits per heavy atom. The van der Waals surface area contributed by atoms with Crippen molar-refractivity contribution >= 4 is 33.5 Å². The summed E-state index contributed by atoms with van der Waals surface area (Å²) < 4.78 is 18.7. The van der Waals surface area contributed by atoms with Crippen molar-refractivity contribution in [3.63, 3.8) is 0 Å². The van der Waals surface area contributed by atoms with Crippen molar-refractivity contribution in [3.05, 3.63) is 63.9 Å². The van der Waals surface area contributed by atoms with Crippen molar-refractivity contribution in [1.29, 1.82) is 0 Å². The van der Waals surface area contributed by atoms with E-state index in [1.807, 2.05) is 0 Å². The van der Waals surface area contributed by atoms with E-state index in [1.165, 1.54) is 12.1 Å². The zero-order chi connectivity index (χ0) is 15.4. The number of ether oxygens (including phenoxy) is 1. The van der Waals surface area contributed by atoms with Crippen LogP contribution in [0.15, 0.2) is 46.9 Å². The molecule has 1 amide bonds. The van der Waals surface area contributed by atoms with Gasteiger partial charge in [-0.25, -0.2) is 9.18 Å². The minimum absolute atomic E-state index is 0.232. The molecule has 0 aliphatic rings. The molecule has 0 heterocycles. The van der Waals surface area contributed by atoms with Gasteiger partial charge in [0.15, 0.2) is 0 Å². The lowest BCUT2D eigenvalue weighted by Gasteiger charge is -2.08. The van der Waals surface area contributed by atoms with Crippen molar-refractivity contribution in [2.45, 2.75) is 0 Å². The molecule has 0 saturated carbocycles. The van der Waals surface area contributed by atoms with Crippen LogP contribution in [0.1, 0.15) is 20.7 Å². The second-order valence-corrected chi connectivity index (χ2v) is 5.07. The highest BCUT2D eigenvalue weighted by Gasteiger charge is 2.14. The highest BCUT2D eigenvalue weighted by molar-refractivity contribution is 9.10. The molecular formula is C15H11BrFNO3. The van der Waals surface area contributed by atoms with Crippen LogP contribution in [0.25, 0.3) is 0 Å². The van der Waals surface area contributed by atoms with Crippen LogP contribution in [0.5, 0.6) is 0 Å². The van der Waals surface area contributed by atoms with Crippen LogP contribution in [-0.2, 0) is 4.74 Å². The molecule has 6 heteroatoms. The van der Waals surface area contributed by atoms with Gasteiger partial charge in [-0.3, -0.25) is 4.79 Å². The highest BCUT2D eigenvalue weighted by Crippen LogP contribution is 2.18. The number of hydrogen-bond acceptors (Lipinski definition) is 3. The number of amides is 1. The van der Waals surface area contributed by atoms with E-state index in [1.54, 1.807) is 24.3 Å². The molecule has 0 aromatic heterocycles. The molecule has 4 nitrogen and oxygen atoms in total. The number of rotatable bonds is 3. The number of anilines is 1. The highest BCUT2D eigenvalue weighted by atomic mass is 79.9. The average molecular weight is 352 g/mol. The van der Waals surface area contributed by atoms with Gasteiger partial charge in [0.1, 0.15) is 5.82 Å². The van der Waals surface area contributed by atoms with Crippen LogP contribution >= 0.6 is 15.9 Å². The minimum atomic E-state index is -0.800. The minimum Gasteiger partial charge on any atom is -0.465 e. The largest absolute Gasteiger partial charge is 0.465 e. The third-order valence-electron chi connectivity index (χ3n) is 2.72. The molecule has 0 radical (unpaired) electrons. The Hall–Kier alpha value is -2.21. The molecule has 1 N–H and O–H groups in total. The predicted molar refractivity (Wildman–Crippen MR) is 79.8 cm³/mol. The molecule has 0 unspecified atom stereocenters. The smallest absolute Gasteiger partial charge is 0.340 e. The van der Waals surface area contributed by atoms with Gasteiger partial charge in [0.25, 0.3) is 5.91 Å². The molecule has 2 aromatic carbocycles. The first kappa shape index (κ1) is 15.2. The van der Waals surface area contributed by atoms with Crippen LogP contribution in [-0.4, -0.2) is 19.0 Å². The van der Waals surface area contributed by atoms with Gasteiger partial charge in [0, 0.05) is 15.7 Å². The molecule has 0 aliphatic heterocycles. The zero-order valence-electron chi connectivity index (χ0n) is 11.0. The summed E-state index contributed by atoms with van der Waals surface area (Å²) in [6.07, 6.45) is 0. The van der Waals surface area contributed by atoms with Gasteiger partial charge in [0.05, 0.1) is 12.7 Å². The molecule has 0 spiro atoms. The Morgan fingerprint density at radius 3 is 2.62 bits per heavy atom. The van der Waals surface area contributed by atoms with E-state index in [4.69, 9.17) is 0 Å². The quantitative estimate of drug-likeness (QED) is 0.859. The zero-order valence-corrected chi connectivity index (χ0v) is 12.6. The topological polar surface area (TPSA) is 55.4 Å². The number of nitrogens with one attached hydrogen (secondary N) is 1. The van der Waals surface area contributed by atoms with Crippen LogP contribution < -0.4 is 5.32 Å². The summed E-state index contributed by atoms with van der Waals surface area (Å²) >= 11 is 3.27. The fraction of sp³-hybridized carbons (Fsp3) is 0.0667. The van der Waals surface area contributed by atoms with E-state index < -0.39 is 11.8 Å². The fourth-order valence-corrected chi connectivity index (χ4v) is 2.10. The van der Waals surface area contributed by atoms with Crippen LogP contribution in [0.4, 0.5) is 10.1 Å². The van der Waals surface area contributed by atoms with E-state index in [0.717, 1.165) is 17.6 Å². The van der Waals surface area contributed by atoms with Gasteiger partial charge in [0.2, 0.25) is 0 Å². The standard InChI is InChI=1S/C15H11BrFNO3/c1-21-15(20)12-8-11(5-6-13(12)17)18-14(19)9-3-2-4-10(16)7-9/h2-8H,1H3,(H,18,19). The maximum atomic E-state index is 13.5. The Bertz CT molecular complexity index is 703. The van der Waals surface area contributed by atoms with Crippen LogP contribution in [0.2, 0.25) is 0 Å². The Morgan fingerprint density at radius 2 is 1.95 bits per heavy atom. The Kier molecular flexibility index (Phi) is 4.70. The summed E-state index contributed by atoms with van der Waals surface area (Å²) in [7, 11) is 1.16. The molecule has 0 bridgehead atoms. The molecule has 108 valence electrons. The second kappa shape index (κ2) is 6.49. The monoisotopic (exact) mass is 351 g/mol. The molecule has 21 heavy (non-hydrogen) atoms. The van der Waals surface area contributed by atoms with Gasteiger partial charge in [-0.2, -0.15) is 0 Å². The SMILES string of the molecule is COC(=O)c1cc(NC(=O)c2cccc(Br)c2)ccc1F. The van der Waals surface area contributed by atoms with E-state index >= 15 is 0 Å². The van der Waals surface area contributed by atoms with Gasteiger partial charge in [-0.05, 0) is 36.4 Å². The Balaban J connectivity index is 2.24. The molecule has 2 aromatic rings. The molecule has 0 saturated heterocycles. The molecule has 0 aliphatic carbocycles. The third-order valence-corrected chi connectivity index (χ3v) is 3.21. The first-order valence-electron chi connectivity index (χ1n) is 5.96. The number of benzene rings is 2. The molecule has 0 atom stereocenters. The van der Waals surface area contributed by atoms with Crippen molar-refractivity contribution in [3.8, 4) is 0 Å². The van der Waals surface area contributed by atoms with Crippen molar-refractivity contribution in [2.75, 3.05) is 12.4 Å². The predicted octanol–water partition coefficient (Wildman–Crippen LogP) is 3.63. The summed E-state index contributed by atoms with van der Waals surface area (Å²) in [5.41, 5.74) is 0.514. The summed E-state index contributed by atoms with van der Waals surface area (Å²) in [6, 6.07) is 10.5. The first-order valence-corrected chi connectivity index (χ1v) is 6.75. The van der Waals surface area contributed by atoms with Crippen molar-refractivity contribution in [1.82, 2.24) is 0 Å². The lowest BCUT2D eigenvalue weighted by molar-refractivity contribution is 0.0595. The number of hydrogen-bond donors (Lipinski definition) is 1. The molecule has 2 rings (SSSR count). The van der Waals surface area contributed by atoms with Crippen molar-refractivity contribution in [2.24, 2.45) is 0 Å². The van der Waals surface area contributed by atoms with E-state index in [0.29, 0.717) is 11.3 Å². The summed E-state index contributed by atoms with van der Waals surface area (Å²) in [4.78, 5) is 23.5. The maximum absolute atomic E-state index is 13.5. The van der Waals surface area contributed by atoms with Crippen LogP contribution in [0, 0.1) is 5.82 Å². The summed E-state index contributed by atoms with van der Waals surface area (Å²) in [5, 5.41) is 2.60. The second-order valence-electron chi connectivity index (χ2n) is 4.15. The molecule has 0 fully saturated rings. The van der Waals surface area contributed by atoms with Gasteiger partial charge >= 0.3 is 5.97 Å². The number of carbonyl (C=O) groups excluding carboxylic acids is 2. The first-order chi connectivity index (χ1) is 10.0. The van der Waals surface area contributed by atoms with Gasteiger partial charge in [-0.1, -0.05) is 22.0 Å². The lowest BCUT2D eigenvalue weighted by Crippen LogP contribution is -2.13. The molecular weight excluding hydrogens is 341 g/mol. The van der Waals surface area contributed by atoms with Crippen molar-refractivity contribution < 1.29 is 18.7 Å². The van der Waals surface area contributed by atoms with E-state index in [9.17, 15) is 14.0 Å². The Labute approximate surface area is 129 Å². The number of esters is 1. The average Bonchev–Trinajstić information content (AvgIpc) is 2.48. The normalized spacial score (nSPS) is 10.0. The van der Waals surface area contributed by atoms with Crippen LogP contribution in [0.3, 0.4) is 0 Å². The summed E-state index contributed by atoms with van der Waals surface area (Å²) in [5.74, 6) is -1.87. The third kappa shape index (κ3) is 3.66. The summed E-state index contributed by atoms with van der Waals surface area (Å²) in [6.45, 7) is 0. The fourth-order valence-electron chi connectivity index (χ4n) is 1.70. The number of carbonyl (C=O) groups is 2. The lowest BCUT2D eigenvalue weighted by atomic mass is 10.1. The van der Waals surface area contributed by atoms with E-state index in [-0.39, 0.29) is 11.5 Å².